The van der Waals surface area contributed by atoms with Crippen molar-refractivity contribution >= 4 is 6.03 Å². The van der Waals surface area contributed by atoms with Gasteiger partial charge >= 0.3 is 6.03 Å². The van der Waals surface area contributed by atoms with Crippen LogP contribution in [0.2, 0.25) is 0 Å². The molecule has 2 aliphatic heterocycles. The summed E-state index contributed by atoms with van der Waals surface area (Å²) in [5.74, 6) is 0. The first-order valence-electron chi connectivity index (χ1n) is 10.9. The number of hydrogen-bond donors (Lipinski definition) is 1. The summed E-state index contributed by atoms with van der Waals surface area (Å²) < 4.78 is 0. The van der Waals surface area contributed by atoms with Gasteiger partial charge in [-0.05, 0) is 56.3 Å². The van der Waals surface area contributed by atoms with Crippen molar-refractivity contribution in [2.45, 2.75) is 44.6 Å². The van der Waals surface area contributed by atoms with Crippen molar-refractivity contribution in [2.24, 2.45) is 0 Å². The average Bonchev–Trinajstić information content (AvgIpc) is 2.98. The average molecular weight is 371 g/mol. The van der Waals surface area contributed by atoms with Crippen molar-refractivity contribution in [2.75, 3.05) is 52.4 Å². The Morgan fingerprint density at radius 3 is 2.37 bits per heavy atom. The summed E-state index contributed by atoms with van der Waals surface area (Å²) in [5.41, 5.74) is 3.03. The lowest BCUT2D eigenvalue weighted by Crippen LogP contribution is -2.45. The number of likely N-dealkylation sites (tertiary alicyclic amines) is 1. The number of piperidine rings is 1. The van der Waals surface area contributed by atoms with Crippen molar-refractivity contribution < 1.29 is 4.79 Å². The number of benzene rings is 1. The third kappa shape index (κ3) is 4.82. The third-order valence-electron chi connectivity index (χ3n) is 6.52. The number of fused-ring (bicyclic) bond motifs is 1. The van der Waals surface area contributed by atoms with Crippen LogP contribution in [0, 0.1) is 0 Å². The maximum absolute atomic E-state index is 12.6. The van der Waals surface area contributed by atoms with Crippen LogP contribution in [0.15, 0.2) is 24.3 Å². The van der Waals surface area contributed by atoms with Crippen molar-refractivity contribution in [1.82, 2.24) is 20.0 Å². The summed E-state index contributed by atoms with van der Waals surface area (Å²) in [6, 6.07) is 9.59. The molecule has 2 saturated heterocycles. The topological polar surface area (TPSA) is 38.8 Å². The molecule has 27 heavy (non-hydrogen) atoms. The highest BCUT2D eigenvalue weighted by Gasteiger charge is 2.28. The molecule has 2 amide bonds. The van der Waals surface area contributed by atoms with Gasteiger partial charge in [-0.1, -0.05) is 30.7 Å². The van der Waals surface area contributed by atoms with Crippen LogP contribution in [-0.4, -0.2) is 79.1 Å². The smallest absolute Gasteiger partial charge is 0.317 e. The minimum atomic E-state index is 0.128. The second-order valence-electron chi connectivity index (χ2n) is 8.34. The van der Waals surface area contributed by atoms with Crippen LogP contribution in [-0.2, 0) is 12.8 Å². The Balaban J connectivity index is 1.21. The van der Waals surface area contributed by atoms with Gasteiger partial charge < -0.3 is 15.1 Å². The number of nitrogens with zero attached hydrogens (tertiary/aromatic N) is 3. The van der Waals surface area contributed by atoms with Crippen molar-refractivity contribution in [1.29, 1.82) is 0 Å². The van der Waals surface area contributed by atoms with Gasteiger partial charge in [0.05, 0.1) is 0 Å². The predicted octanol–water partition coefficient (Wildman–Crippen LogP) is 2.36. The molecule has 0 radical (unpaired) electrons. The second-order valence-corrected chi connectivity index (χ2v) is 8.34. The number of nitrogens with one attached hydrogen (secondary N) is 1. The van der Waals surface area contributed by atoms with E-state index in [1.807, 2.05) is 4.90 Å². The van der Waals surface area contributed by atoms with Gasteiger partial charge in [0, 0.05) is 45.3 Å². The molecule has 1 aromatic rings. The highest BCUT2D eigenvalue weighted by atomic mass is 16.2. The van der Waals surface area contributed by atoms with E-state index in [0.29, 0.717) is 6.04 Å². The maximum atomic E-state index is 12.6. The van der Waals surface area contributed by atoms with E-state index in [1.165, 1.54) is 43.5 Å². The van der Waals surface area contributed by atoms with Gasteiger partial charge in [-0.15, -0.1) is 0 Å². The predicted molar refractivity (Wildman–Crippen MR) is 109 cm³/mol. The van der Waals surface area contributed by atoms with Crippen LogP contribution < -0.4 is 5.32 Å². The van der Waals surface area contributed by atoms with Gasteiger partial charge in [0.25, 0.3) is 0 Å². The normalized spacial score (nSPS) is 22.4. The summed E-state index contributed by atoms with van der Waals surface area (Å²) in [4.78, 5) is 19.7. The minimum absolute atomic E-state index is 0.128. The van der Waals surface area contributed by atoms with Crippen LogP contribution in [0.1, 0.15) is 36.8 Å². The molecule has 0 spiro atoms. The summed E-state index contributed by atoms with van der Waals surface area (Å²) in [6.45, 7) is 7.99. The first-order chi connectivity index (χ1) is 13.3. The standard InChI is InChI=1S/C22H34N4O/c27-22(23-9-14-24-10-4-1-5-11-24)26-13-6-12-25(15-16-26)21-17-19-7-2-3-8-20(19)18-21/h2-3,7-8,21H,1,4-6,9-18H2,(H,23,27). The highest BCUT2D eigenvalue weighted by molar-refractivity contribution is 5.74. The quantitative estimate of drug-likeness (QED) is 0.884. The van der Waals surface area contributed by atoms with Crippen LogP contribution >= 0.6 is 0 Å². The molecule has 0 atom stereocenters. The molecule has 2 fully saturated rings. The zero-order chi connectivity index (χ0) is 18.5. The van der Waals surface area contributed by atoms with E-state index >= 15 is 0 Å². The largest absolute Gasteiger partial charge is 0.337 e. The molecule has 0 aromatic heterocycles. The molecular weight excluding hydrogens is 336 g/mol. The Kier molecular flexibility index (Phi) is 6.30. The van der Waals surface area contributed by atoms with Crippen molar-refractivity contribution in [3.05, 3.63) is 35.4 Å². The van der Waals surface area contributed by atoms with Crippen molar-refractivity contribution in [3.63, 3.8) is 0 Å². The molecule has 0 saturated carbocycles. The van der Waals surface area contributed by atoms with Crippen LogP contribution in [0.25, 0.3) is 0 Å². The van der Waals surface area contributed by atoms with Gasteiger partial charge in [0.15, 0.2) is 0 Å². The molecule has 0 bridgehead atoms. The number of urea groups is 1. The summed E-state index contributed by atoms with van der Waals surface area (Å²) in [5, 5.41) is 3.15. The zero-order valence-corrected chi connectivity index (χ0v) is 16.5. The van der Waals surface area contributed by atoms with Gasteiger partial charge in [-0.2, -0.15) is 0 Å². The molecule has 148 valence electrons. The van der Waals surface area contributed by atoms with Crippen molar-refractivity contribution in [3.8, 4) is 0 Å². The molecule has 5 heteroatoms. The van der Waals surface area contributed by atoms with Crippen LogP contribution in [0.3, 0.4) is 0 Å². The Bertz CT molecular complexity index is 603. The van der Waals surface area contributed by atoms with Crippen LogP contribution in [0.5, 0.6) is 0 Å². The molecular formula is C22H34N4O. The Morgan fingerprint density at radius 2 is 1.63 bits per heavy atom. The summed E-state index contributed by atoms with van der Waals surface area (Å²) in [6.07, 6.45) is 7.38. The van der Waals surface area contributed by atoms with Crippen LogP contribution in [0.4, 0.5) is 4.79 Å². The zero-order valence-electron chi connectivity index (χ0n) is 16.5. The maximum Gasteiger partial charge on any atom is 0.317 e. The third-order valence-corrected chi connectivity index (χ3v) is 6.52. The van der Waals surface area contributed by atoms with Gasteiger partial charge in [-0.3, -0.25) is 4.90 Å². The summed E-state index contributed by atoms with van der Waals surface area (Å²) >= 11 is 0. The molecule has 1 aliphatic carbocycles. The van der Waals surface area contributed by atoms with E-state index in [0.717, 1.165) is 58.5 Å². The van der Waals surface area contributed by atoms with E-state index in [2.05, 4.69) is 39.4 Å². The fourth-order valence-electron chi connectivity index (χ4n) is 4.92. The number of hydrogen-bond acceptors (Lipinski definition) is 3. The van der Waals surface area contributed by atoms with Gasteiger partial charge in [0.2, 0.25) is 0 Å². The summed E-state index contributed by atoms with van der Waals surface area (Å²) in [7, 11) is 0. The number of amides is 2. The Hall–Kier alpha value is -1.59. The fourth-order valence-corrected chi connectivity index (χ4v) is 4.92. The fraction of sp³-hybridized carbons (Fsp3) is 0.682. The van der Waals surface area contributed by atoms with E-state index < -0.39 is 0 Å². The van der Waals surface area contributed by atoms with E-state index in [1.54, 1.807) is 0 Å². The molecule has 3 aliphatic rings. The molecule has 1 N–H and O–H groups in total. The molecule has 1 aromatic carbocycles. The molecule has 2 heterocycles. The number of carbonyl (C=O) groups excluding carboxylic acids is 1. The number of carbonyl (C=O) groups is 1. The SMILES string of the molecule is O=C(NCCN1CCCCC1)N1CCCN(C2Cc3ccccc3C2)CC1. The van der Waals surface area contributed by atoms with Gasteiger partial charge in [-0.25, -0.2) is 4.79 Å². The van der Waals surface area contributed by atoms with E-state index in [-0.39, 0.29) is 6.03 Å². The second kappa shape index (κ2) is 9.07. The Labute approximate surface area is 163 Å². The first kappa shape index (κ1) is 18.8. The lowest BCUT2D eigenvalue weighted by Gasteiger charge is -2.28. The van der Waals surface area contributed by atoms with E-state index in [4.69, 9.17) is 0 Å². The highest BCUT2D eigenvalue weighted by Crippen LogP contribution is 2.26. The van der Waals surface area contributed by atoms with Gasteiger partial charge in [0.1, 0.15) is 0 Å². The lowest BCUT2D eigenvalue weighted by molar-refractivity contribution is 0.185. The minimum Gasteiger partial charge on any atom is -0.337 e. The lowest BCUT2D eigenvalue weighted by atomic mass is 10.1. The monoisotopic (exact) mass is 370 g/mol. The molecule has 4 rings (SSSR count). The molecule has 0 unspecified atom stereocenters. The molecule has 5 nitrogen and oxygen atoms in total. The Morgan fingerprint density at radius 1 is 0.889 bits per heavy atom. The number of rotatable bonds is 4. The van der Waals surface area contributed by atoms with E-state index in [9.17, 15) is 4.79 Å². The first-order valence-corrected chi connectivity index (χ1v) is 10.9.